The summed E-state index contributed by atoms with van der Waals surface area (Å²) in [6, 6.07) is -0.899. The topological polar surface area (TPSA) is 114 Å². The minimum absolute atomic E-state index is 0.0278. The largest absolute Gasteiger partial charge is 0.756 e. The van der Waals surface area contributed by atoms with Crippen LogP contribution in [0.25, 0.3) is 0 Å². The van der Waals surface area contributed by atoms with E-state index in [9.17, 15) is 19.0 Å². The van der Waals surface area contributed by atoms with E-state index in [2.05, 4.69) is 99.0 Å². The maximum atomic E-state index is 13.6. The highest BCUT2D eigenvalue weighted by atomic mass is 31.2. The van der Waals surface area contributed by atoms with Crippen molar-refractivity contribution in [3.05, 3.63) is 85.1 Å². The lowest BCUT2D eigenvalue weighted by Gasteiger charge is -2.30. The number of quaternary nitrogens is 1. The van der Waals surface area contributed by atoms with Gasteiger partial charge < -0.3 is 28.5 Å². The zero-order valence-electron chi connectivity index (χ0n) is 53.7. The Morgan fingerprint density at radius 1 is 0.432 bits per heavy atom. The molecule has 0 aromatic rings. The molecule has 0 aliphatic carbocycles. The number of phosphoric ester groups is 1. The van der Waals surface area contributed by atoms with Gasteiger partial charge in [-0.1, -0.05) is 267 Å². The molecule has 10 heteroatoms. The fourth-order valence-corrected chi connectivity index (χ4v) is 10.3. The Hall–Kier alpha value is -2.81. The van der Waals surface area contributed by atoms with Gasteiger partial charge in [0.05, 0.1) is 33.8 Å². The van der Waals surface area contributed by atoms with E-state index in [1.807, 2.05) is 33.3 Å². The van der Waals surface area contributed by atoms with Gasteiger partial charge in [-0.2, -0.15) is 0 Å². The van der Waals surface area contributed by atoms with Gasteiger partial charge >= 0.3 is 5.97 Å². The Morgan fingerprint density at radius 3 is 1.15 bits per heavy atom. The highest BCUT2D eigenvalue weighted by Crippen LogP contribution is 2.38. The first-order valence-corrected chi connectivity index (χ1v) is 35.4. The second-order valence-electron chi connectivity index (χ2n) is 24.0. The molecule has 1 amide bonds. The van der Waals surface area contributed by atoms with Crippen molar-refractivity contribution in [1.82, 2.24) is 5.32 Å². The number of rotatable bonds is 61. The number of nitrogens with one attached hydrogen (secondary N) is 1. The zero-order valence-corrected chi connectivity index (χ0v) is 54.6. The molecular weight excluding hydrogens is 1020 g/mol. The van der Waals surface area contributed by atoms with Crippen molar-refractivity contribution in [3.8, 4) is 0 Å². The first kappa shape index (κ1) is 78.2. The average Bonchev–Trinajstić information content (AvgIpc) is 3.43. The maximum absolute atomic E-state index is 13.6. The smallest absolute Gasteiger partial charge is 0.306 e. The van der Waals surface area contributed by atoms with E-state index < -0.39 is 26.6 Å². The standard InChI is InChI=1S/C71H129N2O7P/c1-7-10-13-16-19-22-25-27-29-31-33-35-36-38-39-41-43-45-48-51-54-57-60-63-70(74)72-68(67-79-81(76,77)78-66-65-73(4,5)6)69(62-59-56-53-50-47-24-21-18-15-12-9-3)80-71(75)64-61-58-55-52-49-46-44-42-40-37-34-32-30-28-26-23-20-17-14-11-8-2/h19-20,22-23,27-30,33,35,38-39,59,62,68-69H,7-18,21,24-26,31-32,34,36-37,40-58,60-61,63-67H2,1-6H3,(H-,72,74,76,77)/b22-19-,23-20-,29-27-,30-28-,35-33-,39-38-,62-59+. The number of carbonyl (C=O) groups excluding carboxylic acids is 2. The lowest BCUT2D eigenvalue weighted by atomic mass is 10.0. The SMILES string of the molecule is CCCCC/C=C\C/C=C\C/C=C\C/C=C\CCCCCCCCCC(=O)NC(COP(=O)([O-])OCC[N+](C)(C)C)C(/C=C/CCCCCCCCCCC)OC(=O)CCCCCCCCCCCCC/C=C\C/C=C\CCCCC. The van der Waals surface area contributed by atoms with Crippen LogP contribution in [0.1, 0.15) is 303 Å². The Bertz CT molecular complexity index is 1660. The molecule has 1 N–H and O–H groups in total. The molecule has 470 valence electrons. The van der Waals surface area contributed by atoms with Gasteiger partial charge in [-0.25, -0.2) is 0 Å². The van der Waals surface area contributed by atoms with Crippen molar-refractivity contribution in [1.29, 1.82) is 0 Å². The van der Waals surface area contributed by atoms with Crippen molar-refractivity contribution in [2.75, 3.05) is 40.9 Å². The highest BCUT2D eigenvalue weighted by molar-refractivity contribution is 7.45. The van der Waals surface area contributed by atoms with Crippen LogP contribution in [-0.2, 0) is 27.9 Å². The maximum Gasteiger partial charge on any atom is 0.306 e. The Balaban J connectivity index is 5.13. The number of nitrogens with zero attached hydrogens (tertiary/aromatic N) is 1. The van der Waals surface area contributed by atoms with Gasteiger partial charge in [0.1, 0.15) is 19.3 Å². The normalized spacial score (nSPS) is 14.1. The second kappa shape index (κ2) is 60.3. The number of allylic oxidation sites excluding steroid dienone is 13. The van der Waals surface area contributed by atoms with Crippen LogP contribution in [0.4, 0.5) is 0 Å². The molecule has 3 unspecified atom stereocenters. The van der Waals surface area contributed by atoms with E-state index in [1.165, 1.54) is 173 Å². The van der Waals surface area contributed by atoms with E-state index in [0.29, 0.717) is 17.4 Å². The van der Waals surface area contributed by atoms with Crippen molar-refractivity contribution in [3.63, 3.8) is 0 Å². The predicted octanol–water partition coefficient (Wildman–Crippen LogP) is 20.7. The molecule has 81 heavy (non-hydrogen) atoms. The number of likely N-dealkylation sites (N-methyl/N-ethyl adjacent to an activating group) is 1. The van der Waals surface area contributed by atoms with Gasteiger partial charge in [-0.05, 0) is 109 Å². The Labute approximate surface area is 501 Å². The van der Waals surface area contributed by atoms with Crippen LogP contribution in [0, 0.1) is 0 Å². The quantitative estimate of drug-likeness (QED) is 0.0212. The van der Waals surface area contributed by atoms with Crippen LogP contribution in [-0.4, -0.2) is 69.4 Å². The third kappa shape index (κ3) is 61.6. The van der Waals surface area contributed by atoms with Gasteiger partial charge in [0, 0.05) is 12.8 Å². The highest BCUT2D eigenvalue weighted by Gasteiger charge is 2.27. The summed E-state index contributed by atoms with van der Waals surface area (Å²) in [5.41, 5.74) is 0. The number of ether oxygens (including phenoxy) is 1. The van der Waals surface area contributed by atoms with Crippen LogP contribution in [0.5, 0.6) is 0 Å². The third-order valence-electron chi connectivity index (χ3n) is 14.8. The summed E-state index contributed by atoms with van der Waals surface area (Å²) in [6.07, 6.45) is 79.8. The van der Waals surface area contributed by atoms with Crippen LogP contribution >= 0.6 is 7.82 Å². The van der Waals surface area contributed by atoms with E-state index in [1.54, 1.807) is 0 Å². The number of hydrogen-bond donors (Lipinski definition) is 1. The summed E-state index contributed by atoms with van der Waals surface area (Å²) in [6.45, 7) is 6.79. The molecule has 0 aromatic heterocycles. The van der Waals surface area contributed by atoms with Gasteiger partial charge in [0.2, 0.25) is 5.91 Å². The minimum Gasteiger partial charge on any atom is -0.756 e. The van der Waals surface area contributed by atoms with Crippen LogP contribution in [0.2, 0.25) is 0 Å². The number of carbonyl (C=O) groups is 2. The molecule has 0 spiro atoms. The molecule has 0 heterocycles. The first-order chi connectivity index (χ1) is 39.4. The summed E-state index contributed by atoms with van der Waals surface area (Å²) in [5.74, 6) is -0.553. The first-order valence-electron chi connectivity index (χ1n) is 33.9. The summed E-state index contributed by atoms with van der Waals surface area (Å²) >= 11 is 0. The summed E-state index contributed by atoms with van der Waals surface area (Å²) in [4.78, 5) is 40.1. The molecule has 0 aliphatic heterocycles. The fourth-order valence-electron chi connectivity index (χ4n) is 9.54. The molecule has 0 aliphatic rings. The molecule has 0 saturated carbocycles. The minimum atomic E-state index is -4.71. The van der Waals surface area contributed by atoms with Crippen molar-refractivity contribution >= 4 is 19.7 Å². The number of hydrogen-bond acceptors (Lipinski definition) is 7. The number of amides is 1. The van der Waals surface area contributed by atoms with E-state index in [0.717, 1.165) is 96.3 Å². The molecule has 0 aromatic carbocycles. The molecule has 0 radical (unpaired) electrons. The van der Waals surface area contributed by atoms with Crippen molar-refractivity contribution < 1.29 is 37.3 Å². The molecular formula is C71H129N2O7P. The molecule has 0 fully saturated rings. The summed E-state index contributed by atoms with van der Waals surface area (Å²) < 4.78 is 30.4. The summed E-state index contributed by atoms with van der Waals surface area (Å²) in [5, 5.41) is 3.03. The van der Waals surface area contributed by atoms with E-state index >= 15 is 0 Å². The average molecular weight is 1150 g/mol. The van der Waals surface area contributed by atoms with Crippen molar-refractivity contribution in [2.24, 2.45) is 0 Å². The third-order valence-corrected chi connectivity index (χ3v) is 15.8. The molecule has 3 atom stereocenters. The zero-order chi connectivity index (χ0) is 59.3. The van der Waals surface area contributed by atoms with Gasteiger partial charge in [-0.15, -0.1) is 0 Å². The molecule has 9 nitrogen and oxygen atoms in total. The predicted molar refractivity (Wildman–Crippen MR) is 348 cm³/mol. The monoisotopic (exact) mass is 1150 g/mol. The van der Waals surface area contributed by atoms with Gasteiger partial charge in [0.15, 0.2) is 0 Å². The number of phosphoric acid groups is 1. The van der Waals surface area contributed by atoms with Crippen LogP contribution in [0.15, 0.2) is 85.1 Å². The molecule has 0 saturated heterocycles. The molecule has 0 rings (SSSR count). The van der Waals surface area contributed by atoms with E-state index in [-0.39, 0.29) is 24.9 Å². The number of esters is 1. The lowest BCUT2D eigenvalue weighted by molar-refractivity contribution is -0.870. The fraction of sp³-hybridized carbons (Fsp3) is 0.775. The van der Waals surface area contributed by atoms with Crippen LogP contribution in [0.3, 0.4) is 0 Å². The van der Waals surface area contributed by atoms with Crippen LogP contribution < -0.4 is 10.2 Å². The van der Waals surface area contributed by atoms with Gasteiger partial charge in [0.25, 0.3) is 7.82 Å². The van der Waals surface area contributed by atoms with Crippen molar-refractivity contribution in [2.45, 2.75) is 315 Å². The molecule has 0 bridgehead atoms. The Morgan fingerprint density at radius 2 is 0.753 bits per heavy atom. The van der Waals surface area contributed by atoms with E-state index in [4.69, 9.17) is 13.8 Å². The second-order valence-corrected chi connectivity index (χ2v) is 25.4. The van der Waals surface area contributed by atoms with Gasteiger partial charge in [-0.3, -0.25) is 14.2 Å². The lowest BCUT2D eigenvalue weighted by Crippen LogP contribution is -2.47. The Kier molecular flexibility index (Phi) is 58.2. The number of unbranched alkanes of at least 4 members (excludes halogenated alkanes) is 33. The summed E-state index contributed by atoms with van der Waals surface area (Å²) in [7, 11) is 1.17.